The van der Waals surface area contributed by atoms with Crippen molar-refractivity contribution in [2.24, 2.45) is 4.99 Å². The molecule has 7 nitrogen and oxygen atoms in total. The Bertz CT molecular complexity index is 1340. The molecule has 0 radical (unpaired) electrons. The summed E-state index contributed by atoms with van der Waals surface area (Å²) >= 11 is 0. The highest BCUT2D eigenvalue weighted by atomic mass is 19.1. The van der Waals surface area contributed by atoms with E-state index >= 15 is 0 Å². The third-order valence-corrected chi connectivity index (χ3v) is 4.98. The molecule has 154 valence electrons. The zero-order chi connectivity index (χ0) is 21.2. The van der Waals surface area contributed by atoms with Crippen LogP contribution in [0.4, 0.5) is 10.1 Å². The summed E-state index contributed by atoms with van der Waals surface area (Å²) in [5.74, 6) is 0.377. The molecule has 0 aliphatic carbocycles. The van der Waals surface area contributed by atoms with Gasteiger partial charge in [0.25, 0.3) is 0 Å². The van der Waals surface area contributed by atoms with Gasteiger partial charge in [-0.3, -0.25) is 4.99 Å². The first kappa shape index (κ1) is 18.9. The fourth-order valence-electron chi connectivity index (χ4n) is 3.49. The number of nitrogens with one attached hydrogen (secondary N) is 2. The predicted molar refractivity (Wildman–Crippen MR) is 119 cm³/mol. The van der Waals surface area contributed by atoms with Gasteiger partial charge in [0.2, 0.25) is 0 Å². The second kappa shape index (κ2) is 7.98. The summed E-state index contributed by atoms with van der Waals surface area (Å²) in [7, 11) is 0. The number of hydrogen-bond acceptors (Lipinski definition) is 5. The van der Waals surface area contributed by atoms with E-state index in [9.17, 15) is 4.39 Å². The van der Waals surface area contributed by atoms with Crippen LogP contribution in [0.25, 0.3) is 22.6 Å². The third kappa shape index (κ3) is 3.87. The van der Waals surface area contributed by atoms with E-state index in [1.54, 1.807) is 22.7 Å². The lowest BCUT2D eigenvalue weighted by Gasteiger charge is -2.05. The maximum Gasteiger partial charge on any atom is 0.155 e. The van der Waals surface area contributed by atoms with Gasteiger partial charge in [-0.25, -0.2) is 18.9 Å². The highest BCUT2D eigenvalue weighted by Crippen LogP contribution is 2.29. The minimum absolute atomic E-state index is 0.302. The Hall–Kier alpha value is -4.07. The molecular formula is C23H20FN7. The van der Waals surface area contributed by atoms with Crippen LogP contribution in [0.5, 0.6) is 0 Å². The summed E-state index contributed by atoms with van der Waals surface area (Å²) in [4.78, 5) is 17.1. The Balaban J connectivity index is 1.55. The standard InChI is InChI=1S/C23H20FN7/c1-15-6-2-4-9-19(28-15)23-22(16-10-11-21-26-14-27-31(21)13-16)29-20(30-23)12-25-18-8-5-3-7-17(18)24/h2-3,5-11,13-14,25H,4,12H2,1H3,(H,29,30). The highest BCUT2D eigenvalue weighted by Gasteiger charge is 2.17. The van der Waals surface area contributed by atoms with E-state index in [0.717, 1.165) is 40.4 Å². The summed E-state index contributed by atoms with van der Waals surface area (Å²) < 4.78 is 15.7. The molecule has 8 heteroatoms. The molecule has 1 aromatic carbocycles. The SMILES string of the molecule is CC1=NC(c2[nH]c(CNc3ccccc3F)nc2-c2ccc3ncnn3c2)=CCC=C1. The van der Waals surface area contributed by atoms with Gasteiger partial charge >= 0.3 is 0 Å². The summed E-state index contributed by atoms with van der Waals surface area (Å²) in [6.45, 7) is 2.31. The van der Waals surface area contributed by atoms with E-state index < -0.39 is 0 Å². The smallest absolute Gasteiger partial charge is 0.155 e. The highest BCUT2D eigenvalue weighted by molar-refractivity contribution is 5.97. The Morgan fingerprint density at radius 3 is 3.00 bits per heavy atom. The number of aromatic amines is 1. The Morgan fingerprint density at radius 2 is 2.10 bits per heavy atom. The van der Waals surface area contributed by atoms with Gasteiger partial charge in [-0.1, -0.05) is 24.3 Å². The van der Waals surface area contributed by atoms with E-state index in [0.29, 0.717) is 18.1 Å². The Labute approximate surface area is 178 Å². The lowest BCUT2D eigenvalue weighted by molar-refractivity contribution is 0.630. The van der Waals surface area contributed by atoms with Crippen molar-refractivity contribution >= 4 is 22.7 Å². The lowest BCUT2D eigenvalue weighted by Crippen LogP contribution is -2.03. The van der Waals surface area contributed by atoms with Crippen molar-refractivity contribution in [3.8, 4) is 11.3 Å². The largest absolute Gasteiger partial charge is 0.375 e. The molecule has 0 saturated heterocycles. The van der Waals surface area contributed by atoms with Crippen LogP contribution in [0.15, 0.2) is 72.1 Å². The maximum absolute atomic E-state index is 14.0. The molecule has 0 bridgehead atoms. The quantitative estimate of drug-likeness (QED) is 0.500. The molecule has 0 spiro atoms. The number of H-pyrrole nitrogens is 1. The summed E-state index contributed by atoms with van der Waals surface area (Å²) in [6.07, 6.45) is 10.3. The number of allylic oxidation sites excluding steroid dienone is 3. The number of fused-ring (bicyclic) bond motifs is 1. The number of pyridine rings is 1. The zero-order valence-electron chi connectivity index (χ0n) is 16.9. The second-order valence-electron chi connectivity index (χ2n) is 7.20. The van der Waals surface area contributed by atoms with Crippen molar-refractivity contribution in [1.82, 2.24) is 24.6 Å². The number of imidazole rings is 1. The van der Waals surface area contributed by atoms with Crippen LogP contribution >= 0.6 is 0 Å². The average Bonchev–Trinajstić information content (AvgIpc) is 3.36. The van der Waals surface area contributed by atoms with E-state index in [2.05, 4.69) is 32.5 Å². The Kier molecular flexibility index (Phi) is 4.87. The number of para-hydroxylation sites is 1. The molecule has 1 aliphatic rings. The number of nitrogens with zero attached hydrogens (tertiary/aromatic N) is 5. The molecule has 2 N–H and O–H groups in total. The molecule has 0 saturated carbocycles. The monoisotopic (exact) mass is 413 g/mol. The van der Waals surface area contributed by atoms with E-state index in [4.69, 9.17) is 9.98 Å². The van der Waals surface area contributed by atoms with Gasteiger partial charge in [0.1, 0.15) is 18.0 Å². The number of benzene rings is 1. The molecule has 3 aromatic heterocycles. The first-order chi connectivity index (χ1) is 15.2. The van der Waals surface area contributed by atoms with Gasteiger partial charge in [0.15, 0.2) is 5.65 Å². The first-order valence-corrected chi connectivity index (χ1v) is 9.97. The van der Waals surface area contributed by atoms with Gasteiger partial charge < -0.3 is 10.3 Å². The van der Waals surface area contributed by atoms with Gasteiger partial charge in [-0.15, -0.1) is 0 Å². The van der Waals surface area contributed by atoms with Crippen LogP contribution in [0, 0.1) is 5.82 Å². The van der Waals surface area contributed by atoms with Crippen molar-refractivity contribution < 1.29 is 4.39 Å². The predicted octanol–water partition coefficient (Wildman–Crippen LogP) is 4.63. The van der Waals surface area contributed by atoms with Crippen LogP contribution in [0.1, 0.15) is 24.9 Å². The van der Waals surface area contributed by atoms with Crippen molar-refractivity contribution in [2.45, 2.75) is 19.9 Å². The van der Waals surface area contributed by atoms with Crippen molar-refractivity contribution in [2.75, 3.05) is 5.32 Å². The van der Waals surface area contributed by atoms with Crippen molar-refractivity contribution in [1.29, 1.82) is 0 Å². The molecule has 0 amide bonds. The fraction of sp³-hybridized carbons (Fsp3) is 0.130. The average molecular weight is 413 g/mol. The third-order valence-electron chi connectivity index (χ3n) is 4.98. The van der Waals surface area contributed by atoms with Crippen molar-refractivity contribution in [3.63, 3.8) is 0 Å². The molecule has 0 atom stereocenters. The van der Waals surface area contributed by atoms with Crippen LogP contribution in [0.2, 0.25) is 0 Å². The lowest BCUT2D eigenvalue weighted by atomic mass is 10.1. The number of aliphatic imine (C=N–C) groups is 1. The second-order valence-corrected chi connectivity index (χ2v) is 7.20. The van der Waals surface area contributed by atoms with Gasteiger partial charge in [0, 0.05) is 17.5 Å². The molecule has 31 heavy (non-hydrogen) atoms. The van der Waals surface area contributed by atoms with Crippen LogP contribution < -0.4 is 5.32 Å². The molecule has 0 fully saturated rings. The molecular weight excluding hydrogens is 393 g/mol. The minimum atomic E-state index is -0.302. The number of hydrogen-bond donors (Lipinski definition) is 2. The molecule has 1 aliphatic heterocycles. The van der Waals surface area contributed by atoms with Crippen LogP contribution in [0.3, 0.4) is 0 Å². The van der Waals surface area contributed by atoms with Gasteiger partial charge in [-0.05, 0) is 43.7 Å². The number of anilines is 1. The number of halogens is 1. The van der Waals surface area contributed by atoms with Gasteiger partial charge in [0.05, 0.1) is 29.3 Å². The molecule has 4 aromatic rings. The first-order valence-electron chi connectivity index (χ1n) is 9.97. The van der Waals surface area contributed by atoms with Crippen LogP contribution in [-0.4, -0.2) is 30.3 Å². The van der Waals surface area contributed by atoms with Crippen LogP contribution in [-0.2, 0) is 6.54 Å². The topological polar surface area (TPSA) is 83.3 Å². The summed E-state index contributed by atoms with van der Waals surface area (Å²) in [6, 6.07) is 10.4. The molecule has 4 heterocycles. The van der Waals surface area contributed by atoms with E-state index in [1.165, 1.54) is 12.4 Å². The number of aromatic nitrogens is 5. The minimum Gasteiger partial charge on any atom is -0.375 e. The van der Waals surface area contributed by atoms with Crippen molar-refractivity contribution in [3.05, 3.63) is 84.5 Å². The summed E-state index contributed by atoms with van der Waals surface area (Å²) in [5.41, 5.74) is 5.38. The van der Waals surface area contributed by atoms with E-state index in [1.807, 2.05) is 31.3 Å². The zero-order valence-corrected chi connectivity index (χ0v) is 16.9. The molecule has 5 rings (SSSR count). The normalized spacial score (nSPS) is 13.7. The maximum atomic E-state index is 14.0. The van der Waals surface area contributed by atoms with Gasteiger partial charge in [-0.2, -0.15) is 5.10 Å². The number of rotatable bonds is 5. The fourth-order valence-corrected chi connectivity index (χ4v) is 3.49. The molecule has 0 unspecified atom stereocenters. The van der Waals surface area contributed by atoms with E-state index in [-0.39, 0.29) is 5.82 Å². The summed E-state index contributed by atoms with van der Waals surface area (Å²) in [5, 5.41) is 7.33. The Morgan fingerprint density at radius 1 is 1.19 bits per heavy atom.